The number of nitrogens with zero attached hydrogens (tertiary/aromatic N) is 5. The second-order valence-electron chi connectivity index (χ2n) is 7.40. The molecule has 1 amide bonds. The summed E-state index contributed by atoms with van der Waals surface area (Å²) in [5, 5.41) is 20.3. The van der Waals surface area contributed by atoms with Crippen molar-refractivity contribution in [3.63, 3.8) is 0 Å². The molecule has 0 unspecified atom stereocenters. The molecule has 8 nitrogen and oxygen atoms in total. The molecule has 3 rings (SSSR count). The lowest BCUT2D eigenvalue weighted by Crippen LogP contribution is -2.51. The number of hydrogen-bond donors (Lipinski definition) is 1. The molecule has 1 aliphatic rings. The van der Waals surface area contributed by atoms with Gasteiger partial charge in [0, 0.05) is 12.1 Å². The molecule has 0 radical (unpaired) electrons. The number of carbonyl (C=O) groups excluding carboxylic acids is 1. The molecule has 1 N–H and O–H groups in total. The predicted molar refractivity (Wildman–Crippen MR) is 100 cm³/mol. The molecule has 0 saturated carbocycles. The Labute approximate surface area is 159 Å². The molecule has 0 spiro atoms. The van der Waals surface area contributed by atoms with Crippen molar-refractivity contribution in [2.24, 2.45) is 0 Å². The molecule has 8 heteroatoms. The molecule has 1 atom stereocenters. The molecule has 27 heavy (non-hydrogen) atoms. The molecule has 2 heterocycles. The Balaban J connectivity index is 1.49. The number of likely N-dealkylation sites (N-methyl/N-ethyl adjacent to an activating group) is 1. The molecule has 0 aliphatic carbocycles. The average molecular weight is 369 g/mol. The van der Waals surface area contributed by atoms with Gasteiger partial charge in [0.15, 0.2) is 6.54 Å². The van der Waals surface area contributed by atoms with Crippen LogP contribution < -0.4 is 5.32 Å². The molecule has 0 bridgehead atoms. The third-order valence-corrected chi connectivity index (χ3v) is 4.72. The average Bonchev–Trinajstić information content (AvgIpc) is 3.31. The fraction of sp³-hybridized carbons (Fsp3) is 0.474. The van der Waals surface area contributed by atoms with Crippen LogP contribution in [0.2, 0.25) is 0 Å². The van der Waals surface area contributed by atoms with E-state index >= 15 is 0 Å². The van der Waals surface area contributed by atoms with Gasteiger partial charge in [0.1, 0.15) is 6.04 Å². The van der Waals surface area contributed by atoms with Crippen LogP contribution in [0.5, 0.6) is 0 Å². The zero-order valence-electron chi connectivity index (χ0n) is 15.8. The van der Waals surface area contributed by atoms with Crippen molar-refractivity contribution in [1.82, 2.24) is 15.1 Å². The molecule has 1 fully saturated rings. The van der Waals surface area contributed by atoms with Gasteiger partial charge in [0.2, 0.25) is 5.89 Å². The molecular weight excluding hydrogens is 344 g/mol. The van der Waals surface area contributed by atoms with Gasteiger partial charge in [-0.3, -0.25) is 4.79 Å². The Morgan fingerprint density at radius 1 is 1.37 bits per heavy atom. The fourth-order valence-electron chi connectivity index (χ4n) is 3.19. The van der Waals surface area contributed by atoms with Gasteiger partial charge in [-0.05, 0) is 25.0 Å². The summed E-state index contributed by atoms with van der Waals surface area (Å²) in [6, 6.07) is 11.9. The topological polar surface area (TPSA) is 95.1 Å². The Morgan fingerprint density at radius 3 is 2.89 bits per heavy atom. The monoisotopic (exact) mass is 369 g/mol. The zero-order chi connectivity index (χ0) is 19.3. The van der Waals surface area contributed by atoms with Crippen molar-refractivity contribution in [3.05, 3.63) is 30.3 Å². The minimum atomic E-state index is -0.273. The van der Waals surface area contributed by atoms with Crippen molar-refractivity contribution in [2.75, 3.05) is 45.6 Å². The normalized spacial score (nSPS) is 16.9. The fourth-order valence-corrected chi connectivity index (χ4v) is 3.19. The molecular formula is C19H25N6O2+. The summed E-state index contributed by atoms with van der Waals surface area (Å²) in [5.41, 5.74) is 0.873. The summed E-state index contributed by atoms with van der Waals surface area (Å²) in [4.78, 5) is 14.2. The standard InChI is InChI=1S/C19H25N6O2/c1-25(2,14-17(26)24-11-6-9-16(24)13-20)12-10-21-19-23-22-18(27-19)15-7-4-3-5-8-15/h3-5,7-8,16H,6,9-12,14H2,1-2H3,(H,21,23)/q+1/t16-/m0/s1. The third-order valence-electron chi connectivity index (χ3n) is 4.72. The highest BCUT2D eigenvalue weighted by atomic mass is 16.4. The maximum absolute atomic E-state index is 12.5. The van der Waals surface area contributed by atoms with Crippen LogP contribution in [-0.2, 0) is 4.79 Å². The van der Waals surface area contributed by atoms with Crippen LogP contribution in [0.25, 0.3) is 11.5 Å². The summed E-state index contributed by atoms with van der Waals surface area (Å²) < 4.78 is 6.14. The van der Waals surface area contributed by atoms with E-state index in [1.54, 1.807) is 4.90 Å². The number of anilines is 1. The van der Waals surface area contributed by atoms with E-state index in [2.05, 4.69) is 21.6 Å². The highest BCUT2D eigenvalue weighted by molar-refractivity contribution is 5.78. The van der Waals surface area contributed by atoms with Gasteiger partial charge in [-0.2, -0.15) is 5.26 Å². The number of carbonyl (C=O) groups is 1. The second-order valence-corrected chi connectivity index (χ2v) is 7.40. The van der Waals surface area contributed by atoms with E-state index in [0.29, 0.717) is 42.6 Å². The predicted octanol–water partition coefficient (Wildman–Crippen LogP) is 1.74. The lowest BCUT2D eigenvalue weighted by Gasteiger charge is -2.31. The van der Waals surface area contributed by atoms with Crippen LogP contribution >= 0.6 is 0 Å². The SMILES string of the molecule is C[N+](C)(CCNc1nnc(-c2ccccc2)o1)CC(=O)N1CCC[C@H]1C#N. The first-order valence-corrected chi connectivity index (χ1v) is 9.12. The van der Waals surface area contributed by atoms with Crippen molar-refractivity contribution < 1.29 is 13.7 Å². The first-order chi connectivity index (χ1) is 13.0. The summed E-state index contributed by atoms with van der Waals surface area (Å²) in [5.74, 6) is 0.506. The Morgan fingerprint density at radius 2 is 2.15 bits per heavy atom. The quantitative estimate of drug-likeness (QED) is 0.747. The van der Waals surface area contributed by atoms with Gasteiger partial charge in [-0.25, -0.2) is 0 Å². The maximum atomic E-state index is 12.5. The van der Waals surface area contributed by atoms with Gasteiger partial charge >= 0.3 is 6.01 Å². The molecule has 1 aromatic heterocycles. The Hall–Kier alpha value is -2.92. The molecule has 1 aliphatic heterocycles. The van der Waals surface area contributed by atoms with Crippen LogP contribution in [0, 0.1) is 11.3 Å². The van der Waals surface area contributed by atoms with Gasteiger partial charge in [-0.15, -0.1) is 5.10 Å². The maximum Gasteiger partial charge on any atom is 0.315 e. The van der Waals surface area contributed by atoms with E-state index in [1.165, 1.54) is 0 Å². The molecule has 142 valence electrons. The lowest BCUT2D eigenvalue weighted by atomic mass is 10.2. The lowest BCUT2D eigenvalue weighted by molar-refractivity contribution is -0.881. The Bertz CT molecular complexity index is 811. The number of rotatable bonds is 7. The van der Waals surface area contributed by atoms with E-state index < -0.39 is 0 Å². The minimum Gasteiger partial charge on any atom is -0.403 e. The zero-order valence-corrected chi connectivity index (χ0v) is 15.8. The molecule has 1 saturated heterocycles. The minimum absolute atomic E-state index is 0.0354. The number of benzene rings is 1. The van der Waals surface area contributed by atoms with E-state index in [0.717, 1.165) is 18.4 Å². The van der Waals surface area contributed by atoms with Gasteiger partial charge < -0.3 is 19.1 Å². The number of amides is 1. The Kier molecular flexibility index (Phi) is 5.72. The van der Waals surface area contributed by atoms with E-state index in [1.807, 2.05) is 44.4 Å². The summed E-state index contributed by atoms with van der Waals surface area (Å²) in [6.45, 7) is 2.34. The molecule has 1 aromatic carbocycles. The number of nitriles is 1. The van der Waals surface area contributed by atoms with Crippen LogP contribution in [-0.4, -0.2) is 71.8 Å². The largest absolute Gasteiger partial charge is 0.403 e. The summed E-state index contributed by atoms with van der Waals surface area (Å²) in [6.07, 6.45) is 1.68. The third kappa shape index (κ3) is 4.83. The van der Waals surface area contributed by atoms with Crippen LogP contribution in [0.4, 0.5) is 6.01 Å². The number of nitrogens with one attached hydrogen (secondary N) is 1. The highest BCUT2D eigenvalue weighted by Gasteiger charge is 2.32. The smallest absolute Gasteiger partial charge is 0.315 e. The van der Waals surface area contributed by atoms with Crippen LogP contribution in [0.15, 0.2) is 34.7 Å². The van der Waals surface area contributed by atoms with Gasteiger partial charge in [0.25, 0.3) is 5.91 Å². The number of aromatic nitrogens is 2. The molecule has 2 aromatic rings. The van der Waals surface area contributed by atoms with Crippen LogP contribution in [0.3, 0.4) is 0 Å². The number of hydrogen-bond acceptors (Lipinski definition) is 6. The van der Waals surface area contributed by atoms with Crippen LogP contribution in [0.1, 0.15) is 12.8 Å². The second kappa shape index (κ2) is 8.18. The van der Waals surface area contributed by atoms with Gasteiger partial charge in [0.05, 0.1) is 33.3 Å². The van der Waals surface area contributed by atoms with Crippen molar-refractivity contribution in [2.45, 2.75) is 18.9 Å². The first-order valence-electron chi connectivity index (χ1n) is 9.12. The summed E-state index contributed by atoms with van der Waals surface area (Å²) in [7, 11) is 4.00. The number of likely N-dealkylation sites (tertiary alicyclic amines) is 1. The summed E-state index contributed by atoms with van der Waals surface area (Å²) >= 11 is 0. The van der Waals surface area contributed by atoms with E-state index in [9.17, 15) is 4.79 Å². The van der Waals surface area contributed by atoms with Gasteiger partial charge in [-0.1, -0.05) is 23.3 Å². The highest BCUT2D eigenvalue weighted by Crippen LogP contribution is 2.19. The van der Waals surface area contributed by atoms with E-state index in [-0.39, 0.29) is 11.9 Å². The van der Waals surface area contributed by atoms with Crippen molar-refractivity contribution in [3.8, 4) is 17.5 Å². The van der Waals surface area contributed by atoms with Crippen molar-refractivity contribution >= 4 is 11.9 Å². The number of quaternary nitrogens is 1. The first kappa shape index (κ1) is 18.9. The van der Waals surface area contributed by atoms with E-state index in [4.69, 9.17) is 9.68 Å². The van der Waals surface area contributed by atoms with Crippen molar-refractivity contribution in [1.29, 1.82) is 5.26 Å².